The van der Waals surface area contributed by atoms with E-state index < -0.39 is 17.8 Å². The Bertz CT molecular complexity index is 442. The number of aryl methyl sites for hydroxylation is 1. The molecule has 1 fully saturated rings. The van der Waals surface area contributed by atoms with E-state index in [-0.39, 0.29) is 0 Å². The predicted molar refractivity (Wildman–Crippen MR) is 62.4 cm³/mol. The summed E-state index contributed by atoms with van der Waals surface area (Å²) in [5, 5.41) is 10.5. The van der Waals surface area contributed by atoms with Gasteiger partial charge in [-0.15, -0.1) is 0 Å². The molecular formula is C12H14N2O3. The fourth-order valence-electron chi connectivity index (χ4n) is 1.81. The molecule has 1 aliphatic rings. The minimum atomic E-state index is -1.06. The summed E-state index contributed by atoms with van der Waals surface area (Å²) in [6.07, 6.45) is 0.328. The Morgan fingerprint density at radius 3 is 2.59 bits per heavy atom. The van der Waals surface area contributed by atoms with Crippen molar-refractivity contribution in [1.29, 1.82) is 0 Å². The third-order valence-corrected chi connectivity index (χ3v) is 2.85. The van der Waals surface area contributed by atoms with Crippen molar-refractivity contribution in [2.24, 2.45) is 5.92 Å². The van der Waals surface area contributed by atoms with Gasteiger partial charge in [0.25, 0.3) is 5.91 Å². The van der Waals surface area contributed by atoms with Crippen molar-refractivity contribution in [1.82, 2.24) is 5.43 Å². The van der Waals surface area contributed by atoms with E-state index in [0.29, 0.717) is 13.0 Å². The number of rotatable bonds is 2. The van der Waals surface area contributed by atoms with Crippen molar-refractivity contribution in [3.8, 4) is 0 Å². The van der Waals surface area contributed by atoms with Crippen molar-refractivity contribution in [3.63, 3.8) is 0 Å². The van der Waals surface area contributed by atoms with Crippen LogP contribution in [0, 0.1) is 12.8 Å². The van der Waals surface area contributed by atoms with Gasteiger partial charge in [0, 0.05) is 6.54 Å². The van der Waals surface area contributed by atoms with Crippen molar-refractivity contribution in [2.75, 3.05) is 11.6 Å². The molecule has 90 valence electrons. The second-order valence-electron chi connectivity index (χ2n) is 4.14. The van der Waals surface area contributed by atoms with Gasteiger partial charge < -0.3 is 5.11 Å². The van der Waals surface area contributed by atoms with E-state index >= 15 is 0 Å². The normalized spacial score (nSPS) is 19.9. The van der Waals surface area contributed by atoms with Crippen molar-refractivity contribution >= 4 is 17.6 Å². The van der Waals surface area contributed by atoms with Crippen LogP contribution in [0.15, 0.2) is 24.3 Å². The Morgan fingerprint density at radius 2 is 2.06 bits per heavy atom. The predicted octanol–water partition coefficient (Wildman–Crippen LogP) is 0.937. The Morgan fingerprint density at radius 1 is 1.41 bits per heavy atom. The zero-order valence-corrected chi connectivity index (χ0v) is 9.51. The molecule has 1 saturated heterocycles. The first-order valence-electron chi connectivity index (χ1n) is 5.45. The zero-order valence-electron chi connectivity index (χ0n) is 9.51. The van der Waals surface area contributed by atoms with Gasteiger partial charge in [-0.25, -0.2) is 0 Å². The first-order valence-corrected chi connectivity index (χ1v) is 5.45. The second-order valence-corrected chi connectivity index (χ2v) is 4.14. The molecule has 0 saturated carbocycles. The Balaban J connectivity index is 2.09. The number of carbonyl (C=O) groups excluding carboxylic acids is 1. The number of hydrazine groups is 1. The summed E-state index contributed by atoms with van der Waals surface area (Å²) in [7, 11) is 0. The number of carboxylic acid groups (broad SMARTS) is 1. The standard InChI is InChI=1S/C12H14N2O3/c1-8-2-4-9(5-3-8)14-7-6-10(12(16)17)11(15)13-14/h2-5,10H,6-7H2,1H3,(H,13,15)(H,16,17). The summed E-state index contributed by atoms with van der Waals surface area (Å²) >= 11 is 0. The first kappa shape index (κ1) is 11.4. The molecule has 1 atom stereocenters. The lowest BCUT2D eigenvalue weighted by Gasteiger charge is -2.32. The van der Waals surface area contributed by atoms with E-state index in [1.165, 1.54) is 0 Å². The lowest BCUT2D eigenvalue weighted by Crippen LogP contribution is -2.53. The lowest BCUT2D eigenvalue weighted by atomic mass is 10.0. The maximum atomic E-state index is 11.6. The molecule has 0 spiro atoms. The highest BCUT2D eigenvalue weighted by Crippen LogP contribution is 2.19. The lowest BCUT2D eigenvalue weighted by molar-refractivity contribution is -0.148. The SMILES string of the molecule is Cc1ccc(N2CCC(C(=O)O)C(=O)N2)cc1. The average molecular weight is 234 g/mol. The average Bonchev–Trinajstić information content (AvgIpc) is 2.29. The van der Waals surface area contributed by atoms with Gasteiger partial charge in [-0.05, 0) is 25.5 Å². The van der Waals surface area contributed by atoms with Crippen LogP contribution >= 0.6 is 0 Å². The molecule has 1 unspecified atom stereocenters. The highest BCUT2D eigenvalue weighted by molar-refractivity contribution is 5.98. The van der Waals surface area contributed by atoms with Crippen molar-refractivity contribution in [3.05, 3.63) is 29.8 Å². The highest BCUT2D eigenvalue weighted by atomic mass is 16.4. The third-order valence-electron chi connectivity index (χ3n) is 2.85. The number of carbonyl (C=O) groups is 2. The van der Waals surface area contributed by atoms with Crippen molar-refractivity contribution < 1.29 is 14.7 Å². The van der Waals surface area contributed by atoms with E-state index in [0.717, 1.165) is 11.3 Å². The van der Waals surface area contributed by atoms with E-state index in [1.807, 2.05) is 31.2 Å². The van der Waals surface area contributed by atoms with Crippen LogP contribution in [-0.4, -0.2) is 23.5 Å². The number of hydrogen-bond donors (Lipinski definition) is 2. The molecule has 2 rings (SSSR count). The number of nitrogens with zero attached hydrogens (tertiary/aromatic N) is 1. The molecule has 1 aromatic rings. The summed E-state index contributed by atoms with van der Waals surface area (Å²) < 4.78 is 0. The number of benzene rings is 1. The molecule has 5 heteroatoms. The molecule has 0 radical (unpaired) electrons. The quantitative estimate of drug-likeness (QED) is 0.747. The molecule has 2 N–H and O–H groups in total. The molecule has 0 aliphatic carbocycles. The van der Waals surface area contributed by atoms with Crippen LogP contribution in [0.25, 0.3) is 0 Å². The molecule has 1 aromatic carbocycles. The van der Waals surface area contributed by atoms with Crippen molar-refractivity contribution in [2.45, 2.75) is 13.3 Å². The monoisotopic (exact) mass is 234 g/mol. The highest BCUT2D eigenvalue weighted by Gasteiger charge is 2.32. The van der Waals surface area contributed by atoms with Gasteiger partial charge in [-0.1, -0.05) is 17.7 Å². The fourth-order valence-corrected chi connectivity index (χ4v) is 1.81. The van der Waals surface area contributed by atoms with Crippen LogP contribution < -0.4 is 10.4 Å². The summed E-state index contributed by atoms with van der Waals surface area (Å²) in [5.41, 5.74) is 4.60. The molecule has 5 nitrogen and oxygen atoms in total. The topological polar surface area (TPSA) is 69.6 Å². The van der Waals surface area contributed by atoms with E-state index in [4.69, 9.17) is 5.11 Å². The number of hydrogen-bond acceptors (Lipinski definition) is 3. The van der Waals surface area contributed by atoms with Crippen LogP contribution in [-0.2, 0) is 9.59 Å². The van der Waals surface area contributed by atoms with Gasteiger partial charge in [0.2, 0.25) is 0 Å². The van der Waals surface area contributed by atoms with Gasteiger partial charge in [0.1, 0.15) is 5.92 Å². The summed E-state index contributed by atoms with van der Waals surface area (Å²) in [4.78, 5) is 22.3. The van der Waals surface area contributed by atoms with E-state index in [9.17, 15) is 9.59 Å². The number of aliphatic carboxylic acids is 1. The van der Waals surface area contributed by atoms with E-state index in [2.05, 4.69) is 5.43 Å². The largest absolute Gasteiger partial charge is 0.481 e. The van der Waals surface area contributed by atoms with Gasteiger partial charge in [-0.3, -0.25) is 20.0 Å². The Labute approximate surface area is 99.0 Å². The summed E-state index contributed by atoms with van der Waals surface area (Å²) in [6.45, 7) is 2.49. The van der Waals surface area contributed by atoms with Crippen LogP contribution in [0.4, 0.5) is 5.69 Å². The Hall–Kier alpha value is -2.04. The maximum Gasteiger partial charge on any atom is 0.316 e. The van der Waals surface area contributed by atoms with Gasteiger partial charge in [0.15, 0.2) is 0 Å². The van der Waals surface area contributed by atoms with Gasteiger partial charge in [-0.2, -0.15) is 0 Å². The fraction of sp³-hybridized carbons (Fsp3) is 0.333. The number of carboxylic acids is 1. The number of amides is 1. The molecule has 0 aromatic heterocycles. The molecule has 17 heavy (non-hydrogen) atoms. The first-order chi connectivity index (χ1) is 8.08. The zero-order chi connectivity index (χ0) is 12.4. The minimum Gasteiger partial charge on any atom is -0.481 e. The molecule has 1 heterocycles. The van der Waals surface area contributed by atoms with Gasteiger partial charge >= 0.3 is 5.97 Å². The summed E-state index contributed by atoms with van der Waals surface area (Å²) in [6, 6.07) is 7.70. The van der Waals surface area contributed by atoms with Crippen LogP contribution in [0.1, 0.15) is 12.0 Å². The van der Waals surface area contributed by atoms with Crippen LogP contribution in [0.3, 0.4) is 0 Å². The molecular weight excluding hydrogens is 220 g/mol. The number of anilines is 1. The Kier molecular flexibility index (Phi) is 2.99. The molecule has 1 aliphatic heterocycles. The summed E-state index contributed by atoms with van der Waals surface area (Å²) in [5.74, 6) is -2.45. The maximum absolute atomic E-state index is 11.6. The van der Waals surface area contributed by atoms with E-state index in [1.54, 1.807) is 5.01 Å². The number of nitrogens with one attached hydrogen (secondary N) is 1. The third kappa shape index (κ3) is 2.38. The van der Waals surface area contributed by atoms with Gasteiger partial charge in [0.05, 0.1) is 5.69 Å². The smallest absolute Gasteiger partial charge is 0.316 e. The minimum absolute atomic E-state index is 0.328. The van der Waals surface area contributed by atoms with Crippen LogP contribution in [0.5, 0.6) is 0 Å². The molecule has 1 amide bonds. The van der Waals surface area contributed by atoms with Crippen LogP contribution in [0.2, 0.25) is 0 Å². The molecule has 0 bridgehead atoms. The second kappa shape index (κ2) is 4.45.